The molecule has 3 nitrogen and oxygen atoms in total. The molecule has 14 heavy (non-hydrogen) atoms. The van der Waals surface area contributed by atoms with Crippen LogP contribution in [0.1, 0.15) is 25.5 Å². The van der Waals surface area contributed by atoms with Crippen LogP contribution in [0.25, 0.3) is 0 Å². The number of nitrogens with two attached hydrogens (primary N) is 1. The first-order valence-corrected chi connectivity index (χ1v) is 5.67. The second-order valence-electron chi connectivity index (χ2n) is 2.98. The number of nitrogen functional groups attached to an aromatic ring is 1. The minimum Gasteiger partial charge on any atom is -0.382 e. The fraction of sp³-hybridized carbons (Fsp3) is 0.400. The molecule has 3 N–H and O–H groups in total. The molecule has 0 atom stereocenters. The fourth-order valence-corrected chi connectivity index (χ4v) is 1.95. The number of nitrogens with zero attached hydrogens (tertiary/aromatic N) is 1. The summed E-state index contributed by atoms with van der Waals surface area (Å²) in [5.74, 6) is 1.10. The highest BCUT2D eigenvalue weighted by Gasteiger charge is 2.00. The number of rotatable bonds is 5. The van der Waals surface area contributed by atoms with Crippen LogP contribution in [0, 0.1) is 5.41 Å². The van der Waals surface area contributed by atoms with Crippen molar-refractivity contribution in [3.63, 3.8) is 0 Å². The van der Waals surface area contributed by atoms with E-state index in [0.717, 1.165) is 10.8 Å². The van der Waals surface area contributed by atoms with E-state index in [1.807, 2.05) is 12.1 Å². The van der Waals surface area contributed by atoms with E-state index in [1.165, 1.54) is 12.8 Å². The van der Waals surface area contributed by atoms with Crippen LogP contribution in [-0.2, 0) is 0 Å². The van der Waals surface area contributed by atoms with E-state index in [4.69, 9.17) is 11.1 Å². The van der Waals surface area contributed by atoms with E-state index in [0.29, 0.717) is 5.69 Å². The van der Waals surface area contributed by atoms with Gasteiger partial charge in [0.05, 0.1) is 5.03 Å². The number of thioether (sulfide) groups is 1. The molecule has 0 aromatic carbocycles. The third-order valence-corrected chi connectivity index (χ3v) is 2.76. The molecule has 0 fully saturated rings. The number of hydrogen-bond acceptors (Lipinski definition) is 3. The molecule has 0 bridgehead atoms. The van der Waals surface area contributed by atoms with Crippen LogP contribution in [0.2, 0.25) is 0 Å². The number of aromatic nitrogens is 1. The summed E-state index contributed by atoms with van der Waals surface area (Å²) in [5.41, 5.74) is 5.91. The number of nitrogens with one attached hydrogen (secondary N) is 1. The van der Waals surface area contributed by atoms with E-state index in [-0.39, 0.29) is 5.84 Å². The number of amidine groups is 1. The first kappa shape index (κ1) is 11.0. The minimum atomic E-state index is 0.0305. The minimum absolute atomic E-state index is 0.0305. The Morgan fingerprint density at radius 3 is 3.00 bits per heavy atom. The molecule has 0 aliphatic heterocycles. The summed E-state index contributed by atoms with van der Waals surface area (Å²) in [5, 5.41) is 8.20. The number of pyridine rings is 1. The molecule has 0 aliphatic rings. The van der Waals surface area contributed by atoms with Gasteiger partial charge in [0.15, 0.2) is 0 Å². The lowest BCUT2D eigenvalue weighted by Crippen LogP contribution is -2.13. The fourth-order valence-electron chi connectivity index (χ4n) is 0.966. The molecule has 0 aliphatic carbocycles. The van der Waals surface area contributed by atoms with Gasteiger partial charge in [0, 0.05) is 0 Å². The van der Waals surface area contributed by atoms with Crippen molar-refractivity contribution in [1.29, 1.82) is 5.41 Å². The average molecular weight is 209 g/mol. The molecule has 0 saturated heterocycles. The van der Waals surface area contributed by atoms with Gasteiger partial charge in [-0.2, -0.15) is 0 Å². The van der Waals surface area contributed by atoms with Crippen molar-refractivity contribution < 1.29 is 0 Å². The summed E-state index contributed by atoms with van der Waals surface area (Å²) in [6.07, 6.45) is 2.38. The standard InChI is InChI=1S/C10H15N3S/c1-2-3-7-14-9-6-4-5-8(13-9)10(11)12/h4-6H,2-3,7H2,1H3,(H3,11,12). The van der Waals surface area contributed by atoms with Crippen molar-refractivity contribution in [2.75, 3.05) is 5.75 Å². The van der Waals surface area contributed by atoms with Crippen LogP contribution >= 0.6 is 11.8 Å². The summed E-state index contributed by atoms with van der Waals surface area (Å²) in [4.78, 5) is 4.26. The Kier molecular flexibility index (Phi) is 4.46. The number of hydrogen-bond donors (Lipinski definition) is 2. The predicted octanol–water partition coefficient (Wildman–Crippen LogP) is 2.26. The molecular formula is C10H15N3S. The summed E-state index contributed by atoms with van der Waals surface area (Å²) < 4.78 is 0. The second-order valence-corrected chi connectivity index (χ2v) is 4.09. The zero-order valence-electron chi connectivity index (χ0n) is 8.29. The van der Waals surface area contributed by atoms with E-state index >= 15 is 0 Å². The van der Waals surface area contributed by atoms with Gasteiger partial charge in [-0.1, -0.05) is 19.4 Å². The Labute approximate surface area is 88.6 Å². The quantitative estimate of drug-likeness (QED) is 0.338. The molecule has 1 heterocycles. The highest BCUT2D eigenvalue weighted by Crippen LogP contribution is 2.16. The van der Waals surface area contributed by atoms with Gasteiger partial charge in [-0.15, -0.1) is 11.8 Å². The third kappa shape index (κ3) is 3.38. The van der Waals surface area contributed by atoms with Gasteiger partial charge in [0.1, 0.15) is 11.5 Å². The van der Waals surface area contributed by atoms with Gasteiger partial charge >= 0.3 is 0 Å². The molecule has 76 valence electrons. The van der Waals surface area contributed by atoms with Crippen LogP contribution in [0.5, 0.6) is 0 Å². The van der Waals surface area contributed by atoms with Gasteiger partial charge in [0.2, 0.25) is 0 Å². The van der Waals surface area contributed by atoms with Gasteiger partial charge < -0.3 is 5.73 Å². The van der Waals surface area contributed by atoms with Crippen LogP contribution in [0.3, 0.4) is 0 Å². The van der Waals surface area contributed by atoms with Gasteiger partial charge in [0.25, 0.3) is 0 Å². The van der Waals surface area contributed by atoms with Crippen LogP contribution in [0.4, 0.5) is 0 Å². The van der Waals surface area contributed by atoms with E-state index in [2.05, 4.69) is 11.9 Å². The average Bonchev–Trinajstić information content (AvgIpc) is 2.19. The predicted molar refractivity (Wildman–Crippen MR) is 60.9 cm³/mol. The topological polar surface area (TPSA) is 62.8 Å². The molecule has 0 amide bonds. The molecule has 1 rings (SSSR count). The molecule has 4 heteroatoms. The Bertz CT molecular complexity index is 312. The Morgan fingerprint density at radius 1 is 1.57 bits per heavy atom. The van der Waals surface area contributed by atoms with Crippen LogP contribution in [0.15, 0.2) is 23.2 Å². The van der Waals surface area contributed by atoms with Crippen molar-refractivity contribution in [3.8, 4) is 0 Å². The van der Waals surface area contributed by atoms with Crippen molar-refractivity contribution in [1.82, 2.24) is 4.98 Å². The Hall–Kier alpha value is -1.03. The molecule has 0 unspecified atom stereocenters. The first-order chi connectivity index (χ1) is 6.74. The molecule has 0 saturated carbocycles. The molecule has 1 aromatic rings. The van der Waals surface area contributed by atoms with Gasteiger partial charge in [-0.3, -0.25) is 5.41 Å². The second kappa shape index (κ2) is 5.65. The lowest BCUT2D eigenvalue weighted by atomic mass is 10.3. The van der Waals surface area contributed by atoms with Crippen molar-refractivity contribution in [2.45, 2.75) is 24.8 Å². The summed E-state index contributed by atoms with van der Waals surface area (Å²) >= 11 is 1.71. The van der Waals surface area contributed by atoms with E-state index in [1.54, 1.807) is 17.8 Å². The zero-order chi connectivity index (χ0) is 10.4. The van der Waals surface area contributed by atoms with Gasteiger partial charge in [-0.25, -0.2) is 4.98 Å². The summed E-state index contributed by atoms with van der Waals surface area (Å²) in [6.45, 7) is 2.17. The van der Waals surface area contributed by atoms with Crippen molar-refractivity contribution >= 4 is 17.6 Å². The molecule has 0 radical (unpaired) electrons. The third-order valence-electron chi connectivity index (χ3n) is 1.75. The largest absolute Gasteiger partial charge is 0.382 e. The summed E-state index contributed by atoms with van der Waals surface area (Å²) in [7, 11) is 0. The SMILES string of the molecule is CCCCSc1cccc(C(=N)N)n1. The maximum absolute atomic E-state index is 7.25. The highest BCUT2D eigenvalue weighted by atomic mass is 32.2. The normalized spacial score (nSPS) is 10.1. The van der Waals surface area contributed by atoms with E-state index < -0.39 is 0 Å². The summed E-state index contributed by atoms with van der Waals surface area (Å²) in [6, 6.07) is 5.59. The smallest absolute Gasteiger partial charge is 0.141 e. The molecule has 0 spiro atoms. The molecular weight excluding hydrogens is 194 g/mol. The lowest BCUT2D eigenvalue weighted by molar-refractivity contribution is 0.894. The van der Waals surface area contributed by atoms with E-state index in [9.17, 15) is 0 Å². The van der Waals surface area contributed by atoms with Crippen molar-refractivity contribution in [2.24, 2.45) is 5.73 Å². The Balaban J connectivity index is 2.59. The monoisotopic (exact) mass is 209 g/mol. The lowest BCUT2D eigenvalue weighted by Gasteiger charge is -2.01. The highest BCUT2D eigenvalue weighted by molar-refractivity contribution is 7.99. The van der Waals surface area contributed by atoms with Gasteiger partial charge in [-0.05, 0) is 24.3 Å². The maximum Gasteiger partial charge on any atom is 0.141 e. The van der Waals surface area contributed by atoms with Crippen LogP contribution in [-0.4, -0.2) is 16.6 Å². The number of unbranched alkanes of at least 4 members (excludes halogenated alkanes) is 1. The Morgan fingerprint density at radius 2 is 2.36 bits per heavy atom. The maximum atomic E-state index is 7.25. The van der Waals surface area contributed by atoms with Crippen LogP contribution < -0.4 is 5.73 Å². The zero-order valence-corrected chi connectivity index (χ0v) is 9.10. The van der Waals surface area contributed by atoms with Crippen molar-refractivity contribution in [3.05, 3.63) is 23.9 Å². The first-order valence-electron chi connectivity index (χ1n) is 4.68. The molecule has 1 aromatic heterocycles.